The van der Waals surface area contributed by atoms with Gasteiger partial charge in [0.2, 0.25) is 0 Å². The van der Waals surface area contributed by atoms with Crippen molar-refractivity contribution < 1.29 is 19.7 Å². The second kappa shape index (κ2) is 5.58. The SMILES string of the molecule is COc1cc([C@H](C)O)ccc1OCCO. The Balaban J connectivity index is 2.88. The Hall–Kier alpha value is -1.26. The molecule has 1 atom stereocenters. The van der Waals surface area contributed by atoms with E-state index in [2.05, 4.69) is 0 Å². The fraction of sp³-hybridized carbons (Fsp3) is 0.455. The summed E-state index contributed by atoms with van der Waals surface area (Å²) in [5.74, 6) is 1.12. The second-order valence-electron chi connectivity index (χ2n) is 3.16. The fourth-order valence-electron chi connectivity index (χ4n) is 1.22. The average molecular weight is 212 g/mol. The average Bonchev–Trinajstić information content (AvgIpc) is 2.25. The summed E-state index contributed by atoms with van der Waals surface area (Å²) in [6.07, 6.45) is -0.536. The fourth-order valence-corrected chi connectivity index (χ4v) is 1.22. The molecule has 0 aliphatic carbocycles. The standard InChI is InChI=1S/C11H16O4/c1-8(13)9-3-4-10(15-6-5-12)11(7-9)14-2/h3-4,7-8,12-13H,5-6H2,1-2H3/t8-/m0/s1. The van der Waals surface area contributed by atoms with E-state index in [1.807, 2.05) is 0 Å². The number of ether oxygens (including phenoxy) is 2. The Bertz CT molecular complexity index is 309. The molecule has 0 saturated heterocycles. The highest BCUT2D eigenvalue weighted by atomic mass is 16.5. The van der Waals surface area contributed by atoms with Crippen molar-refractivity contribution in [3.63, 3.8) is 0 Å². The first kappa shape index (κ1) is 11.8. The van der Waals surface area contributed by atoms with Gasteiger partial charge in [0, 0.05) is 0 Å². The van der Waals surface area contributed by atoms with Crippen molar-refractivity contribution in [2.24, 2.45) is 0 Å². The van der Waals surface area contributed by atoms with Gasteiger partial charge in [-0.15, -0.1) is 0 Å². The number of benzene rings is 1. The Morgan fingerprint density at radius 2 is 2.07 bits per heavy atom. The Morgan fingerprint density at radius 1 is 1.33 bits per heavy atom. The van der Waals surface area contributed by atoms with Crippen LogP contribution in [0.3, 0.4) is 0 Å². The van der Waals surface area contributed by atoms with Crippen molar-refractivity contribution in [1.29, 1.82) is 0 Å². The van der Waals surface area contributed by atoms with E-state index in [-0.39, 0.29) is 13.2 Å². The van der Waals surface area contributed by atoms with Crippen LogP contribution in [0.25, 0.3) is 0 Å². The van der Waals surface area contributed by atoms with Crippen LogP contribution in [0.1, 0.15) is 18.6 Å². The molecule has 4 nitrogen and oxygen atoms in total. The number of aliphatic hydroxyl groups is 2. The van der Waals surface area contributed by atoms with Gasteiger partial charge >= 0.3 is 0 Å². The van der Waals surface area contributed by atoms with Crippen LogP contribution in [0.5, 0.6) is 11.5 Å². The molecule has 15 heavy (non-hydrogen) atoms. The van der Waals surface area contributed by atoms with E-state index in [1.165, 1.54) is 7.11 Å². The number of aliphatic hydroxyl groups excluding tert-OH is 2. The maximum Gasteiger partial charge on any atom is 0.161 e. The van der Waals surface area contributed by atoms with Crippen LogP contribution >= 0.6 is 0 Å². The minimum absolute atomic E-state index is 0.0404. The Kier molecular flexibility index (Phi) is 4.39. The first-order valence-corrected chi connectivity index (χ1v) is 4.78. The van der Waals surface area contributed by atoms with E-state index in [0.29, 0.717) is 11.5 Å². The van der Waals surface area contributed by atoms with Crippen molar-refractivity contribution in [3.05, 3.63) is 23.8 Å². The second-order valence-corrected chi connectivity index (χ2v) is 3.16. The third-order valence-corrected chi connectivity index (χ3v) is 2.02. The summed E-state index contributed by atoms with van der Waals surface area (Å²) in [6.45, 7) is 1.87. The summed E-state index contributed by atoms with van der Waals surface area (Å²) < 4.78 is 10.4. The maximum atomic E-state index is 9.37. The summed E-state index contributed by atoms with van der Waals surface area (Å²) in [6, 6.07) is 5.20. The van der Waals surface area contributed by atoms with E-state index in [0.717, 1.165) is 5.56 Å². The Labute approximate surface area is 89.1 Å². The highest BCUT2D eigenvalue weighted by Gasteiger charge is 2.08. The molecule has 4 heteroatoms. The highest BCUT2D eigenvalue weighted by molar-refractivity contribution is 5.43. The van der Waals surface area contributed by atoms with E-state index in [1.54, 1.807) is 25.1 Å². The third-order valence-electron chi connectivity index (χ3n) is 2.02. The van der Waals surface area contributed by atoms with Gasteiger partial charge in [-0.3, -0.25) is 0 Å². The molecule has 0 aliphatic heterocycles. The third kappa shape index (κ3) is 3.11. The van der Waals surface area contributed by atoms with Gasteiger partial charge in [-0.25, -0.2) is 0 Å². The van der Waals surface area contributed by atoms with Crippen molar-refractivity contribution in [3.8, 4) is 11.5 Å². The lowest BCUT2D eigenvalue weighted by Gasteiger charge is -2.12. The van der Waals surface area contributed by atoms with Gasteiger partial charge in [0.25, 0.3) is 0 Å². The number of methoxy groups -OCH3 is 1. The summed E-state index contributed by atoms with van der Waals surface area (Å²) in [5, 5.41) is 18.0. The predicted molar refractivity (Wildman–Crippen MR) is 56.2 cm³/mol. The molecule has 0 aromatic heterocycles. The molecule has 0 aliphatic rings. The molecular weight excluding hydrogens is 196 g/mol. The van der Waals surface area contributed by atoms with Crippen molar-refractivity contribution in [1.82, 2.24) is 0 Å². The van der Waals surface area contributed by atoms with Gasteiger partial charge in [-0.1, -0.05) is 6.07 Å². The molecular formula is C11H16O4. The molecule has 0 amide bonds. The first-order chi connectivity index (χ1) is 7.19. The molecule has 0 heterocycles. The van der Waals surface area contributed by atoms with E-state index < -0.39 is 6.10 Å². The number of rotatable bonds is 5. The summed E-state index contributed by atoms with van der Waals surface area (Å²) in [7, 11) is 1.53. The summed E-state index contributed by atoms with van der Waals surface area (Å²) >= 11 is 0. The molecule has 0 saturated carbocycles. The van der Waals surface area contributed by atoms with Crippen molar-refractivity contribution in [2.75, 3.05) is 20.3 Å². The smallest absolute Gasteiger partial charge is 0.161 e. The zero-order chi connectivity index (χ0) is 11.3. The van der Waals surface area contributed by atoms with E-state index in [4.69, 9.17) is 14.6 Å². The molecule has 0 unspecified atom stereocenters. The van der Waals surface area contributed by atoms with Crippen LogP contribution < -0.4 is 9.47 Å². The van der Waals surface area contributed by atoms with Gasteiger partial charge in [-0.05, 0) is 24.6 Å². The topological polar surface area (TPSA) is 58.9 Å². The number of hydrogen-bond donors (Lipinski definition) is 2. The monoisotopic (exact) mass is 212 g/mol. The van der Waals surface area contributed by atoms with Gasteiger partial charge < -0.3 is 19.7 Å². The van der Waals surface area contributed by atoms with E-state index >= 15 is 0 Å². The lowest BCUT2D eigenvalue weighted by Crippen LogP contribution is -2.03. The molecule has 84 valence electrons. The van der Waals surface area contributed by atoms with Crippen molar-refractivity contribution in [2.45, 2.75) is 13.0 Å². The molecule has 1 rings (SSSR count). The van der Waals surface area contributed by atoms with Crippen LogP contribution in [0.15, 0.2) is 18.2 Å². The van der Waals surface area contributed by atoms with E-state index in [9.17, 15) is 5.11 Å². The minimum Gasteiger partial charge on any atom is -0.493 e. The maximum absolute atomic E-state index is 9.37. The lowest BCUT2D eigenvalue weighted by atomic mass is 10.1. The lowest BCUT2D eigenvalue weighted by molar-refractivity contribution is 0.192. The first-order valence-electron chi connectivity index (χ1n) is 4.78. The largest absolute Gasteiger partial charge is 0.493 e. The molecule has 0 radical (unpaired) electrons. The van der Waals surface area contributed by atoms with Crippen LogP contribution in [-0.4, -0.2) is 30.5 Å². The zero-order valence-corrected chi connectivity index (χ0v) is 8.93. The zero-order valence-electron chi connectivity index (χ0n) is 8.93. The summed E-state index contributed by atoms with van der Waals surface area (Å²) in [4.78, 5) is 0. The molecule has 2 N–H and O–H groups in total. The number of hydrogen-bond acceptors (Lipinski definition) is 4. The molecule has 0 fully saturated rings. The van der Waals surface area contributed by atoms with Gasteiger partial charge in [0.15, 0.2) is 11.5 Å². The van der Waals surface area contributed by atoms with Crippen LogP contribution in [-0.2, 0) is 0 Å². The van der Waals surface area contributed by atoms with Crippen molar-refractivity contribution >= 4 is 0 Å². The normalized spacial score (nSPS) is 12.3. The quantitative estimate of drug-likeness (QED) is 0.768. The van der Waals surface area contributed by atoms with Crippen LogP contribution in [0.4, 0.5) is 0 Å². The Morgan fingerprint density at radius 3 is 2.60 bits per heavy atom. The predicted octanol–water partition coefficient (Wildman–Crippen LogP) is 1.12. The minimum atomic E-state index is -0.536. The molecule has 0 spiro atoms. The van der Waals surface area contributed by atoms with Crippen LogP contribution in [0.2, 0.25) is 0 Å². The molecule has 0 bridgehead atoms. The molecule has 1 aromatic carbocycles. The summed E-state index contributed by atoms with van der Waals surface area (Å²) in [5.41, 5.74) is 0.767. The van der Waals surface area contributed by atoms with Crippen LogP contribution in [0, 0.1) is 0 Å². The van der Waals surface area contributed by atoms with Gasteiger partial charge in [0.1, 0.15) is 6.61 Å². The highest BCUT2D eigenvalue weighted by Crippen LogP contribution is 2.30. The van der Waals surface area contributed by atoms with Gasteiger partial charge in [-0.2, -0.15) is 0 Å². The molecule has 1 aromatic rings. The van der Waals surface area contributed by atoms with Gasteiger partial charge in [0.05, 0.1) is 19.8 Å².